The topological polar surface area (TPSA) is 75.8 Å². The van der Waals surface area contributed by atoms with Crippen LogP contribution in [0.2, 0.25) is 0 Å². The summed E-state index contributed by atoms with van der Waals surface area (Å²) in [7, 11) is 0. The summed E-state index contributed by atoms with van der Waals surface area (Å²) in [6.07, 6.45) is 20.9. The number of hydrogen-bond donors (Lipinski definition) is 2. The first-order valence-corrected chi connectivity index (χ1v) is 19.7. The van der Waals surface area contributed by atoms with Gasteiger partial charge in [-0.15, -0.1) is 11.3 Å². The molecule has 5 rings (SSSR count). The third kappa shape index (κ3) is 11.9. The van der Waals surface area contributed by atoms with E-state index in [1.54, 1.807) is 11.3 Å². The number of unbranched alkanes of at least 4 members (excludes halogenated alkanes) is 14. The van der Waals surface area contributed by atoms with Gasteiger partial charge in [-0.05, 0) is 85.6 Å². The predicted octanol–water partition coefficient (Wildman–Crippen LogP) is 12.9. The Labute approximate surface area is 298 Å². The summed E-state index contributed by atoms with van der Waals surface area (Å²) >= 11 is 1.72. The minimum atomic E-state index is 0.778. The lowest BCUT2D eigenvalue weighted by Gasteiger charge is -2.07. The molecule has 0 radical (unpaired) electrons. The van der Waals surface area contributed by atoms with Gasteiger partial charge in [0.05, 0.1) is 45.7 Å². The smallest absolute Gasteiger partial charge is 0.119 e. The second kappa shape index (κ2) is 20.6. The van der Waals surface area contributed by atoms with Gasteiger partial charge in [0, 0.05) is 11.1 Å². The number of hydrogen-bond acceptors (Lipinski definition) is 5. The molecule has 0 aliphatic carbocycles. The van der Waals surface area contributed by atoms with Gasteiger partial charge in [0.15, 0.2) is 0 Å². The lowest BCUT2D eigenvalue weighted by molar-refractivity contribution is 0.304. The highest BCUT2D eigenvalue weighted by molar-refractivity contribution is 7.18. The normalized spacial score (nSPS) is 11.3. The maximum atomic E-state index is 5.99. The molecule has 49 heavy (non-hydrogen) atoms. The van der Waals surface area contributed by atoms with Crippen LogP contribution in [0.3, 0.4) is 0 Å². The Morgan fingerprint density at radius 3 is 1.22 bits per heavy atom. The highest BCUT2D eigenvalue weighted by atomic mass is 32.1. The molecule has 0 spiro atoms. The predicted molar refractivity (Wildman–Crippen MR) is 207 cm³/mol. The van der Waals surface area contributed by atoms with E-state index in [9.17, 15) is 0 Å². The zero-order chi connectivity index (χ0) is 33.9. The molecule has 0 atom stereocenters. The van der Waals surface area contributed by atoms with E-state index in [0.717, 1.165) is 81.2 Å². The second-order valence-electron chi connectivity index (χ2n) is 13.2. The molecular weight excluding hydrogens is 625 g/mol. The molecule has 0 bridgehead atoms. The van der Waals surface area contributed by atoms with Crippen molar-refractivity contribution in [1.82, 2.24) is 20.4 Å². The zero-order valence-corrected chi connectivity index (χ0v) is 30.6. The summed E-state index contributed by atoms with van der Waals surface area (Å²) in [5, 5.41) is 15.7. The fourth-order valence-corrected chi connectivity index (χ4v) is 7.05. The molecule has 7 heteroatoms. The van der Waals surface area contributed by atoms with Crippen LogP contribution in [0, 0.1) is 0 Å². The number of aromatic nitrogens is 4. The SMILES string of the molecule is CCCCCCCCCCOc1ccc(-c2cc(-c3ccc(-c4cc(-c5ccc(OCCCCCCCCCC)cc5)n[nH]4)s3)[nH]n2)cc1. The molecule has 0 unspecified atom stereocenters. The number of ether oxygens (including phenoxy) is 2. The number of thiophene rings is 1. The van der Waals surface area contributed by atoms with Crippen LogP contribution in [0.4, 0.5) is 0 Å². The van der Waals surface area contributed by atoms with Crippen LogP contribution >= 0.6 is 11.3 Å². The number of nitrogens with zero attached hydrogens (tertiary/aromatic N) is 2. The number of nitrogens with one attached hydrogen (secondary N) is 2. The van der Waals surface area contributed by atoms with Gasteiger partial charge in [0.25, 0.3) is 0 Å². The van der Waals surface area contributed by atoms with Gasteiger partial charge in [-0.3, -0.25) is 10.2 Å². The average molecular weight is 681 g/mol. The molecule has 0 aliphatic rings. The Kier molecular flexibility index (Phi) is 15.3. The lowest BCUT2D eigenvalue weighted by atomic mass is 10.1. The fourth-order valence-electron chi connectivity index (χ4n) is 6.11. The summed E-state index contributed by atoms with van der Waals surface area (Å²) in [5.74, 6) is 1.84. The van der Waals surface area contributed by atoms with E-state index < -0.39 is 0 Å². The quantitative estimate of drug-likeness (QED) is 0.0636. The van der Waals surface area contributed by atoms with Gasteiger partial charge in [0.2, 0.25) is 0 Å². The summed E-state index contributed by atoms with van der Waals surface area (Å²) in [6.45, 7) is 6.09. The third-order valence-corrected chi connectivity index (χ3v) is 10.3. The van der Waals surface area contributed by atoms with Crippen molar-refractivity contribution in [3.05, 3.63) is 72.8 Å². The van der Waals surface area contributed by atoms with Crippen molar-refractivity contribution >= 4 is 11.3 Å². The van der Waals surface area contributed by atoms with E-state index in [1.807, 2.05) is 24.3 Å². The van der Waals surface area contributed by atoms with Crippen molar-refractivity contribution in [2.45, 2.75) is 117 Å². The maximum absolute atomic E-state index is 5.99. The van der Waals surface area contributed by atoms with Crippen molar-refractivity contribution in [1.29, 1.82) is 0 Å². The van der Waals surface area contributed by atoms with Crippen molar-refractivity contribution in [2.75, 3.05) is 13.2 Å². The Morgan fingerprint density at radius 2 is 0.837 bits per heavy atom. The van der Waals surface area contributed by atoms with Crippen LogP contribution in [0.5, 0.6) is 11.5 Å². The van der Waals surface area contributed by atoms with Gasteiger partial charge in [-0.2, -0.15) is 10.2 Å². The van der Waals surface area contributed by atoms with Gasteiger partial charge < -0.3 is 9.47 Å². The molecular formula is C42H56N4O2S. The monoisotopic (exact) mass is 680 g/mol. The van der Waals surface area contributed by atoms with Crippen molar-refractivity contribution in [3.8, 4) is 55.2 Å². The molecule has 2 N–H and O–H groups in total. The van der Waals surface area contributed by atoms with E-state index >= 15 is 0 Å². The van der Waals surface area contributed by atoms with Gasteiger partial charge in [-0.25, -0.2) is 0 Å². The molecule has 3 heterocycles. The van der Waals surface area contributed by atoms with Gasteiger partial charge in [0.1, 0.15) is 11.5 Å². The first-order chi connectivity index (χ1) is 24.2. The molecule has 3 aromatic heterocycles. The van der Waals surface area contributed by atoms with E-state index in [1.165, 1.54) is 89.9 Å². The van der Waals surface area contributed by atoms with Gasteiger partial charge in [-0.1, -0.05) is 104 Å². The Hall–Kier alpha value is -3.84. The fraction of sp³-hybridized carbons (Fsp3) is 0.476. The Balaban J connectivity index is 1.05. The van der Waals surface area contributed by atoms with E-state index in [2.05, 4.69) is 82.8 Å². The molecule has 6 nitrogen and oxygen atoms in total. The van der Waals surface area contributed by atoms with Crippen molar-refractivity contribution < 1.29 is 9.47 Å². The minimum absolute atomic E-state index is 0.778. The van der Waals surface area contributed by atoms with Crippen LogP contribution in [0.1, 0.15) is 117 Å². The highest BCUT2D eigenvalue weighted by Crippen LogP contribution is 2.35. The number of rotatable bonds is 24. The number of benzene rings is 2. The molecule has 0 aliphatic heterocycles. The highest BCUT2D eigenvalue weighted by Gasteiger charge is 2.12. The lowest BCUT2D eigenvalue weighted by Crippen LogP contribution is -1.97. The maximum Gasteiger partial charge on any atom is 0.119 e. The molecule has 262 valence electrons. The molecule has 2 aromatic carbocycles. The van der Waals surface area contributed by atoms with Crippen LogP contribution in [-0.2, 0) is 0 Å². The standard InChI is InChI=1S/C42H56N4O2S/c1-3-5-7-9-11-13-15-17-29-47-35-23-19-33(20-24-35)37-31-39(45-43-37)41-27-28-42(49-41)40-32-38(44-46-40)34-21-25-36(26-22-34)48-30-18-16-14-12-10-8-6-4-2/h19-28,31-32H,3-18,29-30H2,1-2H3,(H,43,45)(H,44,46). The van der Waals surface area contributed by atoms with Crippen molar-refractivity contribution in [3.63, 3.8) is 0 Å². The van der Waals surface area contributed by atoms with Crippen LogP contribution < -0.4 is 9.47 Å². The molecule has 0 fully saturated rings. The number of H-pyrrole nitrogens is 2. The second-order valence-corrected chi connectivity index (χ2v) is 14.3. The van der Waals surface area contributed by atoms with Crippen LogP contribution in [0.15, 0.2) is 72.8 Å². The molecule has 0 amide bonds. The Bertz CT molecular complexity index is 1480. The van der Waals surface area contributed by atoms with E-state index in [4.69, 9.17) is 9.47 Å². The van der Waals surface area contributed by atoms with E-state index in [-0.39, 0.29) is 0 Å². The van der Waals surface area contributed by atoms with Crippen LogP contribution in [-0.4, -0.2) is 33.6 Å². The van der Waals surface area contributed by atoms with Crippen LogP contribution in [0.25, 0.3) is 43.7 Å². The first kappa shape index (κ1) is 36.4. The summed E-state index contributed by atoms with van der Waals surface area (Å²) in [4.78, 5) is 2.27. The van der Waals surface area contributed by atoms with E-state index in [0.29, 0.717) is 0 Å². The zero-order valence-electron chi connectivity index (χ0n) is 29.8. The molecule has 0 saturated carbocycles. The molecule has 5 aromatic rings. The number of aromatic amines is 2. The summed E-state index contributed by atoms with van der Waals surface area (Å²) in [6, 6.07) is 25.0. The minimum Gasteiger partial charge on any atom is -0.494 e. The summed E-state index contributed by atoms with van der Waals surface area (Å²) in [5.41, 5.74) is 6.00. The molecule has 0 saturated heterocycles. The first-order valence-electron chi connectivity index (χ1n) is 18.9. The third-order valence-electron chi connectivity index (χ3n) is 9.13. The van der Waals surface area contributed by atoms with Gasteiger partial charge >= 0.3 is 0 Å². The summed E-state index contributed by atoms with van der Waals surface area (Å²) < 4.78 is 12.0. The Morgan fingerprint density at radius 1 is 0.469 bits per heavy atom. The van der Waals surface area contributed by atoms with Crippen molar-refractivity contribution in [2.24, 2.45) is 0 Å². The largest absolute Gasteiger partial charge is 0.494 e. The average Bonchev–Trinajstić information content (AvgIpc) is 3.93.